The highest BCUT2D eigenvalue weighted by Gasteiger charge is 2.56. The summed E-state index contributed by atoms with van der Waals surface area (Å²) in [4.78, 5) is 72.5. The van der Waals surface area contributed by atoms with Crippen LogP contribution in [0.1, 0.15) is 13.8 Å². The minimum atomic E-state index is -5.48. The van der Waals surface area contributed by atoms with Gasteiger partial charge < -0.3 is 39.1 Å². The smallest absolute Gasteiger partial charge is 0.303 e. The van der Waals surface area contributed by atoms with Crippen LogP contribution < -0.4 is 0 Å². The highest BCUT2D eigenvalue weighted by atomic mass is 31.2. The van der Waals surface area contributed by atoms with Crippen LogP contribution >= 0.6 is 31.3 Å². The summed E-state index contributed by atoms with van der Waals surface area (Å²) in [7, 11) is -21.6. The van der Waals surface area contributed by atoms with E-state index in [2.05, 4.69) is 18.1 Å². The second-order valence-electron chi connectivity index (χ2n) is 5.96. The Labute approximate surface area is 157 Å². The van der Waals surface area contributed by atoms with Crippen LogP contribution in [0.3, 0.4) is 0 Å². The summed E-state index contributed by atoms with van der Waals surface area (Å²) >= 11 is 0. The molecule has 1 rings (SSSR count). The molecule has 1 fully saturated rings. The average molecular weight is 496 g/mol. The van der Waals surface area contributed by atoms with E-state index in [1.165, 1.54) is 13.8 Å². The largest absolute Gasteiger partial charge is 0.470 e. The number of rotatable bonds is 8. The molecule has 0 heterocycles. The summed E-state index contributed by atoms with van der Waals surface area (Å²) in [6.45, 7) is 2.43. The summed E-state index contributed by atoms with van der Waals surface area (Å²) in [5.74, 6) is -2.31. The fourth-order valence-corrected chi connectivity index (χ4v) is 5.13. The molecule has 8 N–H and O–H groups in total. The van der Waals surface area contributed by atoms with Crippen molar-refractivity contribution in [2.75, 3.05) is 0 Å². The molecule has 20 heteroatoms. The first-order valence-corrected chi connectivity index (χ1v) is 13.3. The molecule has 28 heavy (non-hydrogen) atoms. The monoisotopic (exact) mass is 496 g/mol. The van der Waals surface area contributed by atoms with Crippen molar-refractivity contribution < 1.29 is 75.5 Å². The molecule has 0 aromatic rings. The zero-order chi connectivity index (χ0) is 22.3. The molecule has 0 bridgehead atoms. The lowest BCUT2D eigenvalue weighted by molar-refractivity contribution is -0.160. The van der Waals surface area contributed by atoms with Crippen molar-refractivity contribution in [2.24, 2.45) is 11.8 Å². The molecule has 1 aliphatic rings. The van der Waals surface area contributed by atoms with Crippen LogP contribution in [0, 0.1) is 11.8 Å². The molecular formula is C8H20O16P4. The highest BCUT2D eigenvalue weighted by Crippen LogP contribution is 2.54. The van der Waals surface area contributed by atoms with Crippen molar-refractivity contribution >= 4 is 31.3 Å². The van der Waals surface area contributed by atoms with Gasteiger partial charge in [0, 0.05) is 0 Å². The first-order chi connectivity index (χ1) is 12.2. The molecule has 0 aliphatic heterocycles. The van der Waals surface area contributed by atoms with Gasteiger partial charge >= 0.3 is 31.3 Å². The van der Waals surface area contributed by atoms with E-state index < -0.39 is 67.5 Å². The van der Waals surface area contributed by atoms with Crippen molar-refractivity contribution in [1.29, 1.82) is 0 Å². The van der Waals surface area contributed by atoms with Crippen LogP contribution in [0.2, 0.25) is 0 Å². The zero-order valence-corrected chi connectivity index (χ0v) is 17.7. The number of phosphoric acid groups is 4. The van der Waals surface area contributed by atoms with Gasteiger partial charge in [-0.05, 0) is 11.8 Å². The predicted octanol–water partition coefficient (Wildman–Crippen LogP) is -0.816. The van der Waals surface area contributed by atoms with Gasteiger partial charge in [0.2, 0.25) is 0 Å². The summed E-state index contributed by atoms with van der Waals surface area (Å²) in [5, 5.41) is 0. The van der Waals surface area contributed by atoms with Gasteiger partial charge in [0.1, 0.15) is 24.4 Å². The van der Waals surface area contributed by atoms with Gasteiger partial charge in [0.25, 0.3) is 0 Å². The molecule has 0 aromatic heterocycles. The lowest BCUT2D eigenvalue weighted by Crippen LogP contribution is -2.59. The molecule has 0 unspecified atom stereocenters. The maximum atomic E-state index is 11.3. The van der Waals surface area contributed by atoms with Crippen LogP contribution in [-0.2, 0) is 36.4 Å². The average Bonchev–Trinajstić information content (AvgIpc) is 2.39. The lowest BCUT2D eigenvalue weighted by atomic mass is 9.74. The van der Waals surface area contributed by atoms with E-state index in [1.807, 2.05) is 0 Å². The van der Waals surface area contributed by atoms with E-state index in [1.54, 1.807) is 0 Å². The summed E-state index contributed by atoms with van der Waals surface area (Å²) < 4.78 is 62.7. The fourth-order valence-electron chi connectivity index (χ4n) is 2.76. The zero-order valence-electron chi connectivity index (χ0n) is 14.1. The summed E-state index contributed by atoms with van der Waals surface area (Å²) in [6.07, 6.45) is -8.44. The van der Waals surface area contributed by atoms with Gasteiger partial charge in [-0.3, -0.25) is 18.1 Å². The molecule has 16 nitrogen and oxygen atoms in total. The molecule has 1 saturated carbocycles. The summed E-state index contributed by atoms with van der Waals surface area (Å²) in [6, 6.07) is 0. The van der Waals surface area contributed by atoms with Gasteiger partial charge in [-0.15, -0.1) is 0 Å². The Morgan fingerprint density at radius 1 is 0.464 bits per heavy atom. The molecule has 0 aromatic carbocycles. The van der Waals surface area contributed by atoms with Crippen LogP contribution in [0.5, 0.6) is 0 Å². The van der Waals surface area contributed by atoms with Crippen LogP contribution in [0.4, 0.5) is 0 Å². The summed E-state index contributed by atoms with van der Waals surface area (Å²) in [5.41, 5.74) is 0. The minimum absolute atomic E-state index is 1.16. The van der Waals surface area contributed by atoms with Gasteiger partial charge in [0.05, 0.1) is 0 Å². The second-order valence-corrected chi connectivity index (χ2v) is 10.7. The van der Waals surface area contributed by atoms with Crippen LogP contribution in [0.15, 0.2) is 0 Å². The maximum absolute atomic E-state index is 11.3. The van der Waals surface area contributed by atoms with E-state index in [0.717, 1.165) is 0 Å². The molecule has 6 atom stereocenters. The maximum Gasteiger partial charge on any atom is 0.470 e. The van der Waals surface area contributed by atoms with E-state index in [-0.39, 0.29) is 0 Å². The Morgan fingerprint density at radius 2 is 0.643 bits per heavy atom. The van der Waals surface area contributed by atoms with E-state index in [0.29, 0.717) is 0 Å². The third-order valence-corrected chi connectivity index (χ3v) is 5.95. The van der Waals surface area contributed by atoms with Gasteiger partial charge in [-0.1, -0.05) is 13.8 Å². The fraction of sp³-hybridized carbons (Fsp3) is 1.00. The Hall–Kier alpha value is 0.440. The van der Waals surface area contributed by atoms with E-state index >= 15 is 0 Å². The Bertz CT molecular complexity index is 667. The molecule has 1 aliphatic carbocycles. The molecule has 0 amide bonds. The third kappa shape index (κ3) is 8.66. The molecule has 0 spiro atoms. The lowest BCUT2D eigenvalue weighted by Gasteiger charge is -2.47. The minimum Gasteiger partial charge on any atom is -0.303 e. The molecular weight excluding hydrogens is 476 g/mol. The standard InChI is InChI=1S/C8H20O16P4/c1-3-4(2)6(22-26(12,13)14)8(24-28(18,19)20)7(23-27(15,16)17)5(3)21-25(9,10)11/h3-8H,1-2H3,(H2,9,10,11)(H2,12,13,14)(H2,15,16,17)(H2,18,19,20)/t3-,4-,5-,6+,7-,8-/m0/s1. The van der Waals surface area contributed by atoms with Crippen LogP contribution in [0.25, 0.3) is 0 Å². The van der Waals surface area contributed by atoms with Gasteiger partial charge in [-0.2, -0.15) is 0 Å². The Morgan fingerprint density at radius 3 is 0.821 bits per heavy atom. The highest BCUT2D eigenvalue weighted by molar-refractivity contribution is 7.47. The topological polar surface area (TPSA) is 267 Å². The van der Waals surface area contributed by atoms with E-state index in [9.17, 15) is 18.3 Å². The Kier molecular flexibility index (Phi) is 8.41. The van der Waals surface area contributed by atoms with Crippen LogP contribution in [-0.4, -0.2) is 63.6 Å². The van der Waals surface area contributed by atoms with Crippen molar-refractivity contribution in [3.63, 3.8) is 0 Å². The number of hydrogen-bond acceptors (Lipinski definition) is 8. The second kappa shape index (κ2) is 8.89. The Balaban J connectivity index is 3.53. The molecule has 0 radical (unpaired) electrons. The first-order valence-electron chi connectivity index (χ1n) is 7.16. The normalized spacial score (nSPS) is 33.1. The van der Waals surface area contributed by atoms with Gasteiger partial charge in [-0.25, -0.2) is 18.3 Å². The van der Waals surface area contributed by atoms with E-state index in [4.69, 9.17) is 39.1 Å². The van der Waals surface area contributed by atoms with Crippen molar-refractivity contribution in [3.8, 4) is 0 Å². The molecule has 168 valence electrons. The van der Waals surface area contributed by atoms with Crippen molar-refractivity contribution in [2.45, 2.75) is 38.3 Å². The number of hydrogen-bond donors (Lipinski definition) is 8. The quantitative estimate of drug-likeness (QED) is 0.191. The predicted molar refractivity (Wildman–Crippen MR) is 86.0 cm³/mol. The van der Waals surface area contributed by atoms with Crippen molar-refractivity contribution in [1.82, 2.24) is 0 Å². The SMILES string of the molecule is C[C@H]1[C@H](C)[C@H](OP(=O)(O)O)[C@H](OP(=O)(O)O)[C@@H](OP(=O)(O)O)[C@@H]1OP(=O)(O)O. The first kappa shape index (κ1) is 26.5. The molecule has 0 saturated heterocycles. The third-order valence-electron chi connectivity index (χ3n) is 3.87. The van der Waals surface area contributed by atoms with Crippen molar-refractivity contribution in [3.05, 3.63) is 0 Å². The number of phosphoric ester groups is 4. The van der Waals surface area contributed by atoms with Gasteiger partial charge in [0.15, 0.2) is 0 Å².